The SMILES string of the molecule is Cc1[nH]ncc1CNS(=O)(=O)c1ncn(C)c1Cl. The summed E-state index contributed by atoms with van der Waals surface area (Å²) in [7, 11) is -2.10. The van der Waals surface area contributed by atoms with E-state index in [9.17, 15) is 8.42 Å². The molecule has 0 aliphatic carbocycles. The van der Waals surface area contributed by atoms with Crippen LogP contribution in [-0.2, 0) is 23.6 Å². The number of aryl methyl sites for hydroxylation is 2. The van der Waals surface area contributed by atoms with Crippen LogP contribution < -0.4 is 4.72 Å². The van der Waals surface area contributed by atoms with Crippen LogP contribution in [0.4, 0.5) is 0 Å². The molecule has 0 bridgehead atoms. The molecule has 2 aromatic heterocycles. The third-order valence-corrected chi connectivity index (χ3v) is 4.37. The summed E-state index contributed by atoms with van der Waals surface area (Å²) in [6, 6.07) is 0. The average molecular weight is 290 g/mol. The Kier molecular flexibility index (Phi) is 3.42. The molecule has 0 fully saturated rings. The smallest absolute Gasteiger partial charge is 0.261 e. The first-order chi connectivity index (χ1) is 8.42. The largest absolute Gasteiger partial charge is 0.324 e. The van der Waals surface area contributed by atoms with E-state index in [0.29, 0.717) is 0 Å². The van der Waals surface area contributed by atoms with Gasteiger partial charge in [0.1, 0.15) is 5.15 Å². The summed E-state index contributed by atoms with van der Waals surface area (Å²) in [5.41, 5.74) is 1.58. The lowest BCUT2D eigenvalue weighted by Crippen LogP contribution is -2.24. The number of imidazole rings is 1. The zero-order valence-corrected chi connectivity index (χ0v) is 11.4. The van der Waals surface area contributed by atoms with E-state index in [0.717, 1.165) is 11.3 Å². The first-order valence-electron chi connectivity index (χ1n) is 5.07. The lowest BCUT2D eigenvalue weighted by atomic mass is 10.3. The highest BCUT2D eigenvalue weighted by atomic mass is 35.5. The van der Waals surface area contributed by atoms with E-state index < -0.39 is 10.0 Å². The Labute approximate surface area is 109 Å². The van der Waals surface area contributed by atoms with Crippen molar-refractivity contribution in [2.24, 2.45) is 7.05 Å². The molecule has 0 aromatic carbocycles. The van der Waals surface area contributed by atoms with Crippen molar-refractivity contribution in [2.75, 3.05) is 0 Å². The van der Waals surface area contributed by atoms with E-state index in [1.165, 1.54) is 10.9 Å². The predicted molar refractivity (Wildman–Crippen MR) is 65.6 cm³/mol. The molecule has 18 heavy (non-hydrogen) atoms. The standard InChI is InChI=1S/C9H12ClN5O2S/c1-6-7(3-12-14-6)4-13-18(16,17)9-8(10)15(2)5-11-9/h3,5,13H,4H2,1-2H3,(H,12,14). The molecule has 2 rings (SSSR count). The van der Waals surface area contributed by atoms with Crippen molar-refractivity contribution in [3.63, 3.8) is 0 Å². The van der Waals surface area contributed by atoms with Gasteiger partial charge in [0.2, 0.25) is 5.03 Å². The number of hydrogen-bond acceptors (Lipinski definition) is 4. The van der Waals surface area contributed by atoms with Gasteiger partial charge in [-0.2, -0.15) is 5.10 Å². The van der Waals surface area contributed by atoms with Gasteiger partial charge in [-0.15, -0.1) is 0 Å². The summed E-state index contributed by atoms with van der Waals surface area (Å²) in [6.07, 6.45) is 2.91. The van der Waals surface area contributed by atoms with Crippen LogP contribution in [0.25, 0.3) is 0 Å². The van der Waals surface area contributed by atoms with Crippen LogP contribution in [0.5, 0.6) is 0 Å². The van der Waals surface area contributed by atoms with Crippen molar-refractivity contribution in [1.82, 2.24) is 24.5 Å². The molecule has 9 heteroatoms. The highest BCUT2D eigenvalue weighted by molar-refractivity contribution is 7.89. The van der Waals surface area contributed by atoms with Gasteiger partial charge < -0.3 is 4.57 Å². The second-order valence-corrected chi connectivity index (χ2v) is 5.84. The number of nitrogens with one attached hydrogen (secondary N) is 2. The first-order valence-corrected chi connectivity index (χ1v) is 6.93. The van der Waals surface area contributed by atoms with Crippen LogP contribution in [-0.4, -0.2) is 28.2 Å². The molecule has 0 saturated carbocycles. The highest BCUT2D eigenvalue weighted by Gasteiger charge is 2.22. The first kappa shape index (κ1) is 13.1. The van der Waals surface area contributed by atoms with Crippen molar-refractivity contribution in [2.45, 2.75) is 18.5 Å². The van der Waals surface area contributed by atoms with E-state index in [2.05, 4.69) is 19.9 Å². The molecule has 0 radical (unpaired) electrons. The molecule has 2 N–H and O–H groups in total. The quantitative estimate of drug-likeness (QED) is 0.861. The van der Waals surface area contributed by atoms with Gasteiger partial charge in [0, 0.05) is 24.8 Å². The molecule has 0 saturated heterocycles. The maximum Gasteiger partial charge on any atom is 0.261 e. The van der Waals surface area contributed by atoms with Crippen molar-refractivity contribution >= 4 is 21.6 Å². The number of nitrogens with zero attached hydrogens (tertiary/aromatic N) is 3. The maximum absolute atomic E-state index is 12.0. The Morgan fingerprint density at radius 3 is 2.78 bits per heavy atom. The third-order valence-electron chi connectivity index (χ3n) is 2.48. The summed E-state index contributed by atoms with van der Waals surface area (Å²) in [6.45, 7) is 1.95. The molecular weight excluding hydrogens is 278 g/mol. The van der Waals surface area contributed by atoms with Crippen LogP contribution in [0.15, 0.2) is 17.6 Å². The van der Waals surface area contributed by atoms with Crippen LogP contribution in [0.3, 0.4) is 0 Å². The highest BCUT2D eigenvalue weighted by Crippen LogP contribution is 2.18. The molecular formula is C9H12ClN5O2S. The Hall–Kier alpha value is -1.38. The van der Waals surface area contributed by atoms with Crippen LogP contribution in [0, 0.1) is 6.92 Å². The number of rotatable bonds is 4. The van der Waals surface area contributed by atoms with Crippen molar-refractivity contribution in [3.05, 3.63) is 28.9 Å². The van der Waals surface area contributed by atoms with Crippen LogP contribution in [0.2, 0.25) is 5.15 Å². The van der Waals surface area contributed by atoms with Gasteiger partial charge in [-0.05, 0) is 6.92 Å². The van der Waals surface area contributed by atoms with E-state index in [4.69, 9.17) is 11.6 Å². The maximum atomic E-state index is 12.0. The number of halogens is 1. The molecule has 2 heterocycles. The molecule has 0 unspecified atom stereocenters. The second kappa shape index (κ2) is 4.71. The molecule has 7 nitrogen and oxygen atoms in total. The van der Waals surface area contributed by atoms with Gasteiger partial charge in [-0.1, -0.05) is 11.6 Å². The predicted octanol–water partition coefficient (Wildman–Crippen LogP) is 0.584. The van der Waals surface area contributed by atoms with Crippen molar-refractivity contribution < 1.29 is 8.42 Å². The number of aromatic amines is 1. The topological polar surface area (TPSA) is 92.7 Å². The number of aromatic nitrogens is 4. The van der Waals surface area contributed by atoms with Crippen LogP contribution in [0.1, 0.15) is 11.3 Å². The zero-order chi connectivity index (χ0) is 13.3. The van der Waals surface area contributed by atoms with Gasteiger partial charge in [0.25, 0.3) is 10.0 Å². The Balaban J connectivity index is 2.18. The molecule has 0 spiro atoms. The van der Waals surface area contributed by atoms with Gasteiger partial charge in [-0.25, -0.2) is 18.1 Å². The monoisotopic (exact) mass is 289 g/mol. The molecule has 0 atom stereocenters. The lowest BCUT2D eigenvalue weighted by molar-refractivity contribution is 0.578. The summed E-state index contributed by atoms with van der Waals surface area (Å²) in [5, 5.41) is 6.44. The minimum absolute atomic E-state index is 0.0754. The Bertz CT molecular complexity index is 660. The molecule has 0 aliphatic heterocycles. The molecule has 0 amide bonds. The van der Waals surface area contributed by atoms with E-state index in [-0.39, 0.29) is 16.7 Å². The van der Waals surface area contributed by atoms with Crippen molar-refractivity contribution in [1.29, 1.82) is 0 Å². The fourth-order valence-electron chi connectivity index (χ4n) is 1.37. The van der Waals surface area contributed by atoms with Gasteiger partial charge in [0.15, 0.2) is 0 Å². The third kappa shape index (κ3) is 2.40. The number of sulfonamides is 1. The minimum Gasteiger partial charge on any atom is -0.324 e. The molecule has 98 valence electrons. The number of hydrogen-bond donors (Lipinski definition) is 2. The molecule has 2 aromatic rings. The Morgan fingerprint density at radius 2 is 2.28 bits per heavy atom. The summed E-state index contributed by atoms with van der Waals surface area (Å²) in [4.78, 5) is 3.77. The van der Waals surface area contributed by atoms with Crippen LogP contribution >= 0.6 is 11.6 Å². The van der Waals surface area contributed by atoms with E-state index in [1.807, 2.05) is 6.92 Å². The molecule has 0 aliphatic rings. The second-order valence-electron chi connectivity index (χ2n) is 3.80. The van der Waals surface area contributed by atoms with E-state index in [1.54, 1.807) is 13.2 Å². The number of H-pyrrole nitrogens is 1. The minimum atomic E-state index is -3.72. The van der Waals surface area contributed by atoms with Gasteiger partial charge in [0.05, 0.1) is 12.5 Å². The van der Waals surface area contributed by atoms with E-state index >= 15 is 0 Å². The normalized spacial score (nSPS) is 11.9. The van der Waals surface area contributed by atoms with Gasteiger partial charge in [-0.3, -0.25) is 5.10 Å². The van der Waals surface area contributed by atoms with Crippen molar-refractivity contribution in [3.8, 4) is 0 Å². The fraction of sp³-hybridized carbons (Fsp3) is 0.333. The summed E-state index contributed by atoms with van der Waals surface area (Å²) in [5.74, 6) is 0. The van der Waals surface area contributed by atoms with Gasteiger partial charge >= 0.3 is 0 Å². The average Bonchev–Trinajstić information content (AvgIpc) is 2.85. The summed E-state index contributed by atoms with van der Waals surface area (Å²) < 4.78 is 27.8. The Morgan fingerprint density at radius 1 is 1.56 bits per heavy atom. The fourth-order valence-corrected chi connectivity index (χ4v) is 2.80. The lowest BCUT2D eigenvalue weighted by Gasteiger charge is -2.04. The summed E-state index contributed by atoms with van der Waals surface area (Å²) >= 11 is 5.85. The zero-order valence-electron chi connectivity index (χ0n) is 9.81.